The molecule has 3 nitrogen and oxygen atoms in total. The summed E-state index contributed by atoms with van der Waals surface area (Å²) in [4.78, 5) is 12.3. The molecule has 4 heteroatoms. The molecule has 1 aliphatic rings. The summed E-state index contributed by atoms with van der Waals surface area (Å²) in [5, 5.41) is 3.52. The van der Waals surface area contributed by atoms with Gasteiger partial charge in [-0.1, -0.05) is 54.6 Å². The Bertz CT molecular complexity index is 709. The molecule has 0 bridgehead atoms. The summed E-state index contributed by atoms with van der Waals surface area (Å²) in [5.41, 5.74) is 3.15. The van der Waals surface area contributed by atoms with Crippen LogP contribution in [0.15, 0.2) is 54.6 Å². The third-order valence-corrected chi connectivity index (χ3v) is 5.05. The van der Waals surface area contributed by atoms with E-state index in [0.29, 0.717) is 0 Å². The maximum Gasteiger partial charge on any atom is 0.324 e. The van der Waals surface area contributed by atoms with Gasteiger partial charge in [0.1, 0.15) is 11.6 Å². The van der Waals surface area contributed by atoms with Crippen LogP contribution in [0.1, 0.15) is 31.7 Å². The molecule has 0 amide bonds. The van der Waals surface area contributed by atoms with Crippen molar-refractivity contribution in [1.82, 2.24) is 5.32 Å². The van der Waals surface area contributed by atoms with Crippen molar-refractivity contribution in [3.8, 4) is 11.1 Å². The molecule has 0 saturated carbocycles. The predicted molar refractivity (Wildman–Crippen MR) is 99.8 cm³/mol. The van der Waals surface area contributed by atoms with Crippen LogP contribution in [0.25, 0.3) is 11.1 Å². The number of hydrogen-bond donors (Lipinski definition) is 1. The van der Waals surface area contributed by atoms with Gasteiger partial charge in [-0.2, -0.15) is 0 Å². The van der Waals surface area contributed by atoms with Crippen molar-refractivity contribution in [1.29, 1.82) is 0 Å². The Kier molecular flexibility index (Phi) is 4.97. The molecule has 0 spiro atoms. The maximum absolute atomic E-state index is 12.3. The monoisotopic (exact) mass is 341 g/mol. The third-order valence-electron chi connectivity index (χ3n) is 3.80. The highest BCUT2D eigenvalue weighted by Crippen LogP contribution is 2.38. The Balaban J connectivity index is 1.79. The number of rotatable bonds is 3. The smallest absolute Gasteiger partial charge is 0.324 e. The Hall–Kier alpha value is -1.78. The van der Waals surface area contributed by atoms with Gasteiger partial charge in [-0.25, -0.2) is 0 Å². The number of benzene rings is 2. The van der Waals surface area contributed by atoms with Crippen LogP contribution in [0, 0.1) is 0 Å². The molecule has 0 aromatic heterocycles. The van der Waals surface area contributed by atoms with Crippen molar-refractivity contribution in [2.24, 2.45) is 0 Å². The fraction of sp³-hybridized carbons (Fsp3) is 0.350. The first-order valence-corrected chi connectivity index (χ1v) is 9.24. The van der Waals surface area contributed by atoms with Crippen LogP contribution < -0.4 is 5.32 Å². The normalized spacial score (nSPS) is 20.8. The standard InChI is InChI=1S/C20H23NO2S/c1-20(2,3)23-19(22)17-13-24-18(21-17)16-12-8-7-11-15(16)14-9-5-4-6-10-14/h4-12,17-18,21H,13H2,1-3H3/t17-,18?/m0/s1. The van der Waals surface area contributed by atoms with Crippen LogP contribution in [0.5, 0.6) is 0 Å². The average Bonchev–Trinajstić information content (AvgIpc) is 3.04. The number of carbonyl (C=O) groups is 1. The molecule has 1 fully saturated rings. The van der Waals surface area contributed by atoms with Gasteiger partial charge in [0.2, 0.25) is 0 Å². The summed E-state index contributed by atoms with van der Waals surface area (Å²) in [5.74, 6) is 0.553. The van der Waals surface area contributed by atoms with Gasteiger partial charge in [0, 0.05) is 5.75 Å². The van der Waals surface area contributed by atoms with E-state index >= 15 is 0 Å². The predicted octanol–water partition coefficient (Wildman–Crippen LogP) is 4.40. The summed E-state index contributed by atoms with van der Waals surface area (Å²) < 4.78 is 5.51. The zero-order valence-corrected chi connectivity index (χ0v) is 15.1. The lowest BCUT2D eigenvalue weighted by molar-refractivity contribution is -0.156. The largest absolute Gasteiger partial charge is 0.459 e. The van der Waals surface area contributed by atoms with E-state index in [9.17, 15) is 4.79 Å². The highest BCUT2D eigenvalue weighted by Gasteiger charge is 2.34. The van der Waals surface area contributed by atoms with Crippen molar-refractivity contribution in [2.75, 3.05) is 5.75 Å². The fourth-order valence-electron chi connectivity index (χ4n) is 2.77. The van der Waals surface area contributed by atoms with E-state index in [1.54, 1.807) is 11.8 Å². The van der Waals surface area contributed by atoms with E-state index in [-0.39, 0.29) is 17.4 Å². The molecule has 1 aliphatic heterocycles. The molecule has 2 aromatic rings. The highest BCUT2D eigenvalue weighted by molar-refractivity contribution is 7.99. The first-order chi connectivity index (χ1) is 11.4. The lowest BCUT2D eigenvalue weighted by Crippen LogP contribution is -2.39. The summed E-state index contributed by atoms with van der Waals surface area (Å²) in [6.45, 7) is 5.69. The molecule has 1 unspecified atom stereocenters. The molecule has 24 heavy (non-hydrogen) atoms. The summed E-state index contributed by atoms with van der Waals surface area (Å²) in [6.07, 6.45) is 0. The molecule has 126 valence electrons. The van der Waals surface area contributed by atoms with E-state index in [1.165, 1.54) is 16.7 Å². The molecule has 1 saturated heterocycles. The van der Waals surface area contributed by atoms with Crippen molar-refractivity contribution in [3.05, 3.63) is 60.2 Å². The van der Waals surface area contributed by atoms with Gasteiger partial charge in [-0.05, 0) is 37.5 Å². The first kappa shape index (κ1) is 17.1. The Morgan fingerprint density at radius 1 is 1.08 bits per heavy atom. The van der Waals surface area contributed by atoms with Crippen molar-refractivity contribution < 1.29 is 9.53 Å². The van der Waals surface area contributed by atoms with Gasteiger partial charge in [-0.15, -0.1) is 11.8 Å². The molecule has 0 radical (unpaired) electrons. The molecule has 2 aromatic carbocycles. The second kappa shape index (κ2) is 6.99. The lowest BCUT2D eigenvalue weighted by Gasteiger charge is -2.22. The molecule has 3 rings (SSSR count). The number of thioether (sulfide) groups is 1. The van der Waals surface area contributed by atoms with E-state index in [1.807, 2.05) is 45.0 Å². The van der Waals surface area contributed by atoms with E-state index < -0.39 is 5.60 Å². The summed E-state index contributed by atoms with van der Waals surface area (Å²) >= 11 is 1.75. The van der Waals surface area contributed by atoms with Gasteiger partial charge in [0.25, 0.3) is 0 Å². The Labute approximate surface area is 147 Å². The fourth-order valence-corrected chi connectivity index (χ4v) is 4.03. The number of nitrogens with one attached hydrogen (secondary N) is 1. The molecule has 0 aliphatic carbocycles. The van der Waals surface area contributed by atoms with Crippen LogP contribution in [0.4, 0.5) is 0 Å². The van der Waals surface area contributed by atoms with Crippen LogP contribution in [-0.2, 0) is 9.53 Å². The number of ether oxygens (including phenoxy) is 1. The number of hydrogen-bond acceptors (Lipinski definition) is 4. The topological polar surface area (TPSA) is 38.3 Å². The minimum Gasteiger partial charge on any atom is -0.459 e. The quantitative estimate of drug-likeness (QED) is 0.840. The summed E-state index contributed by atoms with van der Waals surface area (Å²) in [7, 11) is 0. The van der Waals surface area contributed by atoms with Gasteiger partial charge in [-0.3, -0.25) is 10.1 Å². The minimum absolute atomic E-state index is 0.0962. The van der Waals surface area contributed by atoms with Gasteiger partial charge in [0.05, 0.1) is 5.37 Å². The zero-order valence-electron chi connectivity index (χ0n) is 14.3. The van der Waals surface area contributed by atoms with Crippen LogP contribution >= 0.6 is 11.8 Å². The average molecular weight is 341 g/mol. The Morgan fingerprint density at radius 2 is 1.75 bits per heavy atom. The van der Waals surface area contributed by atoms with E-state index in [2.05, 4.69) is 35.6 Å². The number of esters is 1. The lowest BCUT2D eigenvalue weighted by atomic mass is 9.99. The Morgan fingerprint density at radius 3 is 2.46 bits per heavy atom. The van der Waals surface area contributed by atoms with Gasteiger partial charge >= 0.3 is 5.97 Å². The van der Waals surface area contributed by atoms with Crippen LogP contribution in [0.2, 0.25) is 0 Å². The highest BCUT2D eigenvalue weighted by atomic mass is 32.2. The molecule has 1 N–H and O–H groups in total. The second-order valence-corrected chi connectivity index (χ2v) is 8.06. The first-order valence-electron chi connectivity index (χ1n) is 8.19. The zero-order chi connectivity index (χ0) is 17.2. The van der Waals surface area contributed by atoms with Gasteiger partial charge < -0.3 is 4.74 Å². The van der Waals surface area contributed by atoms with Crippen LogP contribution in [0.3, 0.4) is 0 Å². The molecular weight excluding hydrogens is 318 g/mol. The minimum atomic E-state index is -0.455. The SMILES string of the molecule is CC(C)(C)OC(=O)[C@@H]1CSC(c2ccccc2-c2ccccc2)N1. The molecule has 2 atom stereocenters. The van der Waals surface area contributed by atoms with Crippen molar-refractivity contribution in [2.45, 2.75) is 37.8 Å². The van der Waals surface area contributed by atoms with E-state index in [4.69, 9.17) is 4.74 Å². The van der Waals surface area contributed by atoms with E-state index in [0.717, 1.165) is 5.75 Å². The van der Waals surface area contributed by atoms with Crippen molar-refractivity contribution in [3.63, 3.8) is 0 Å². The second-order valence-electron chi connectivity index (χ2n) is 6.92. The molecule has 1 heterocycles. The molecular formula is C20H23NO2S. The van der Waals surface area contributed by atoms with Gasteiger partial charge in [0.15, 0.2) is 0 Å². The van der Waals surface area contributed by atoms with Crippen LogP contribution in [-0.4, -0.2) is 23.4 Å². The van der Waals surface area contributed by atoms with Crippen molar-refractivity contribution >= 4 is 17.7 Å². The summed E-state index contributed by atoms with van der Waals surface area (Å²) in [6, 6.07) is 18.4. The number of carbonyl (C=O) groups excluding carboxylic acids is 1. The third kappa shape index (κ3) is 4.00. The maximum atomic E-state index is 12.3.